The fourth-order valence-corrected chi connectivity index (χ4v) is 4.09. The molecule has 2 saturated heterocycles. The second-order valence-electron chi connectivity index (χ2n) is 6.76. The number of nitrogens with zero attached hydrogens (tertiary/aromatic N) is 3. The van der Waals surface area contributed by atoms with E-state index in [9.17, 15) is 4.79 Å². The minimum Gasteiger partial charge on any atom is -0.333 e. The second kappa shape index (κ2) is 8.52. The van der Waals surface area contributed by atoms with Crippen molar-refractivity contribution in [3.63, 3.8) is 0 Å². The number of hydrogen-bond acceptors (Lipinski definition) is 4. The van der Waals surface area contributed by atoms with E-state index in [-0.39, 0.29) is 30.7 Å². The Morgan fingerprint density at radius 2 is 1.96 bits per heavy atom. The molecule has 1 atom stereocenters. The van der Waals surface area contributed by atoms with Crippen LogP contribution in [-0.4, -0.2) is 64.7 Å². The van der Waals surface area contributed by atoms with Crippen LogP contribution < -0.4 is 5.32 Å². The smallest absolute Gasteiger partial charge is 0.274 e. The zero-order valence-corrected chi connectivity index (χ0v) is 15.6. The highest BCUT2D eigenvalue weighted by Crippen LogP contribution is 2.24. The first-order chi connectivity index (χ1) is 10.8. The molecular formula is C16H27Cl2N5O. The Labute approximate surface area is 155 Å². The van der Waals surface area contributed by atoms with Crippen LogP contribution in [0.15, 0.2) is 0 Å². The monoisotopic (exact) mass is 375 g/mol. The topological polar surface area (TPSA) is 64.3 Å². The van der Waals surface area contributed by atoms with Gasteiger partial charge in [0.2, 0.25) is 0 Å². The number of fused-ring (bicyclic) bond motifs is 1. The molecule has 0 bridgehead atoms. The minimum absolute atomic E-state index is 0. The molecule has 3 aliphatic heterocycles. The standard InChI is InChI=1S/C16H25N5O.2ClH/c22-16(15-13-10-17-6-5-14(13)18-19-15)21-9-3-4-12(21)11-20-7-1-2-8-20;;/h12,17H,1-11H2,(H,18,19);2*1H. The molecule has 0 saturated carbocycles. The van der Waals surface area contributed by atoms with Gasteiger partial charge in [-0.05, 0) is 38.8 Å². The molecule has 0 aliphatic carbocycles. The molecule has 1 aromatic rings. The van der Waals surface area contributed by atoms with E-state index >= 15 is 0 Å². The van der Waals surface area contributed by atoms with E-state index in [4.69, 9.17) is 0 Å². The molecule has 1 unspecified atom stereocenters. The van der Waals surface area contributed by atoms with Crippen LogP contribution in [-0.2, 0) is 13.0 Å². The van der Waals surface area contributed by atoms with Gasteiger partial charge in [0.05, 0.1) is 0 Å². The van der Waals surface area contributed by atoms with E-state index in [0.717, 1.165) is 56.7 Å². The number of aromatic nitrogens is 2. The Morgan fingerprint density at radius 3 is 2.75 bits per heavy atom. The van der Waals surface area contributed by atoms with Crippen molar-refractivity contribution in [2.45, 2.75) is 44.7 Å². The highest BCUT2D eigenvalue weighted by Gasteiger charge is 2.34. The summed E-state index contributed by atoms with van der Waals surface area (Å²) in [4.78, 5) is 17.5. The molecule has 0 spiro atoms. The average molecular weight is 376 g/mol. The number of rotatable bonds is 3. The van der Waals surface area contributed by atoms with Crippen LogP contribution in [0.25, 0.3) is 0 Å². The van der Waals surface area contributed by atoms with Gasteiger partial charge in [-0.1, -0.05) is 0 Å². The molecule has 4 heterocycles. The zero-order valence-electron chi connectivity index (χ0n) is 13.9. The third-order valence-electron chi connectivity index (χ3n) is 5.31. The lowest BCUT2D eigenvalue weighted by molar-refractivity contribution is 0.0701. The second-order valence-corrected chi connectivity index (χ2v) is 6.76. The number of halogens is 2. The van der Waals surface area contributed by atoms with E-state index in [0.29, 0.717) is 11.7 Å². The van der Waals surface area contributed by atoms with Gasteiger partial charge in [-0.25, -0.2) is 0 Å². The van der Waals surface area contributed by atoms with Crippen molar-refractivity contribution in [3.05, 3.63) is 17.0 Å². The van der Waals surface area contributed by atoms with Crippen molar-refractivity contribution in [3.8, 4) is 0 Å². The van der Waals surface area contributed by atoms with Gasteiger partial charge >= 0.3 is 0 Å². The number of carbonyl (C=O) groups excluding carboxylic acids is 1. The lowest BCUT2D eigenvalue weighted by atomic mass is 10.1. The highest BCUT2D eigenvalue weighted by atomic mass is 35.5. The maximum atomic E-state index is 13.0. The summed E-state index contributed by atoms with van der Waals surface area (Å²) in [5.41, 5.74) is 2.87. The number of carbonyl (C=O) groups is 1. The van der Waals surface area contributed by atoms with Gasteiger partial charge in [0.25, 0.3) is 5.91 Å². The summed E-state index contributed by atoms with van der Waals surface area (Å²) < 4.78 is 0. The molecule has 24 heavy (non-hydrogen) atoms. The zero-order chi connectivity index (χ0) is 14.9. The highest BCUT2D eigenvalue weighted by molar-refractivity contribution is 5.94. The van der Waals surface area contributed by atoms with Crippen molar-refractivity contribution in [2.75, 3.05) is 32.7 Å². The maximum Gasteiger partial charge on any atom is 0.274 e. The van der Waals surface area contributed by atoms with E-state index in [1.807, 2.05) is 0 Å². The Hall–Kier alpha value is -0.820. The van der Waals surface area contributed by atoms with Crippen LogP contribution in [0.4, 0.5) is 0 Å². The number of nitrogens with one attached hydrogen (secondary N) is 2. The molecular weight excluding hydrogens is 349 g/mol. The first-order valence-corrected chi connectivity index (χ1v) is 8.63. The minimum atomic E-state index is 0. The largest absolute Gasteiger partial charge is 0.333 e. The summed E-state index contributed by atoms with van der Waals surface area (Å²) in [7, 11) is 0. The lowest BCUT2D eigenvalue weighted by Gasteiger charge is -2.28. The number of amides is 1. The summed E-state index contributed by atoms with van der Waals surface area (Å²) in [6.45, 7) is 6.03. The molecule has 2 N–H and O–H groups in total. The van der Waals surface area contributed by atoms with E-state index < -0.39 is 0 Å². The third kappa shape index (κ3) is 3.72. The normalized spacial score (nSPS) is 23.5. The Kier molecular flexibility index (Phi) is 6.92. The molecule has 4 rings (SSSR count). The van der Waals surface area contributed by atoms with Crippen molar-refractivity contribution >= 4 is 30.7 Å². The fraction of sp³-hybridized carbons (Fsp3) is 0.750. The summed E-state index contributed by atoms with van der Waals surface area (Å²) in [6.07, 6.45) is 5.80. The predicted octanol–water partition coefficient (Wildman–Crippen LogP) is 1.60. The number of aromatic amines is 1. The SMILES string of the molecule is Cl.Cl.O=C(c1n[nH]c2c1CNCC2)N1CCCC1CN1CCCC1. The number of H-pyrrole nitrogens is 1. The lowest BCUT2D eigenvalue weighted by Crippen LogP contribution is -2.43. The first-order valence-electron chi connectivity index (χ1n) is 8.63. The van der Waals surface area contributed by atoms with Crippen molar-refractivity contribution in [1.82, 2.24) is 25.3 Å². The molecule has 0 radical (unpaired) electrons. The Balaban J connectivity index is 0.00000104. The molecule has 0 aromatic carbocycles. The van der Waals surface area contributed by atoms with Crippen LogP contribution >= 0.6 is 24.8 Å². The van der Waals surface area contributed by atoms with Crippen LogP contribution in [0.3, 0.4) is 0 Å². The summed E-state index contributed by atoms with van der Waals surface area (Å²) in [6, 6.07) is 0.370. The van der Waals surface area contributed by atoms with E-state index in [1.54, 1.807) is 0 Å². The first kappa shape index (κ1) is 19.5. The summed E-state index contributed by atoms with van der Waals surface area (Å²) in [5, 5.41) is 10.8. The van der Waals surface area contributed by atoms with Gasteiger partial charge in [0.15, 0.2) is 5.69 Å². The molecule has 2 fully saturated rings. The van der Waals surface area contributed by atoms with Crippen molar-refractivity contribution < 1.29 is 4.79 Å². The third-order valence-corrected chi connectivity index (χ3v) is 5.31. The number of hydrogen-bond donors (Lipinski definition) is 2. The fourth-order valence-electron chi connectivity index (χ4n) is 4.09. The van der Waals surface area contributed by atoms with E-state index in [2.05, 4.69) is 25.3 Å². The molecule has 1 aromatic heterocycles. The molecule has 6 nitrogen and oxygen atoms in total. The van der Waals surface area contributed by atoms with Gasteiger partial charge < -0.3 is 15.1 Å². The maximum absolute atomic E-state index is 13.0. The van der Waals surface area contributed by atoms with Crippen LogP contribution in [0.5, 0.6) is 0 Å². The van der Waals surface area contributed by atoms with Gasteiger partial charge in [-0.15, -0.1) is 24.8 Å². The van der Waals surface area contributed by atoms with Gasteiger partial charge in [0, 0.05) is 49.9 Å². The average Bonchev–Trinajstić information content (AvgIpc) is 3.27. The Morgan fingerprint density at radius 1 is 1.17 bits per heavy atom. The molecule has 3 aliphatic rings. The van der Waals surface area contributed by atoms with Crippen LogP contribution in [0.1, 0.15) is 47.4 Å². The quantitative estimate of drug-likeness (QED) is 0.841. The van der Waals surface area contributed by atoms with Gasteiger partial charge in [-0.3, -0.25) is 9.89 Å². The van der Waals surface area contributed by atoms with Gasteiger partial charge in [-0.2, -0.15) is 5.10 Å². The molecule has 8 heteroatoms. The summed E-state index contributed by atoms with van der Waals surface area (Å²) >= 11 is 0. The van der Waals surface area contributed by atoms with Crippen molar-refractivity contribution in [2.24, 2.45) is 0 Å². The predicted molar refractivity (Wildman–Crippen MR) is 98.2 cm³/mol. The molecule has 136 valence electrons. The molecule has 1 amide bonds. The Bertz CT molecular complexity index is 559. The van der Waals surface area contributed by atoms with Crippen LogP contribution in [0, 0.1) is 0 Å². The van der Waals surface area contributed by atoms with E-state index in [1.165, 1.54) is 25.9 Å². The number of likely N-dealkylation sites (tertiary alicyclic amines) is 2. The van der Waals surface area contributed by atoms with Crippen LogP contribution in [0.2, 0.25) is 0 Å². The van der Waals surface area contributed by atoms with Crippen molar-refractivity contribution in [1.29, 1.82) is 0 Å². The van der Waals surface area contributed by atoms with Gasteiger partial charge in [0.1, 0.15) is 0 Å². The summed E-state index contributed by atoms with van der Waals surface area (Å²) in [5.74, 6) is 0.128.